The van der Waals surface area contributed by atoms with Crippen LogP contribution in [-0.4, -0.2) is 46.0 Å². The summed E-state index contributed by atoms with van der Waals surface area (Å²) < 4.78 is 0. The first-order chi connectivity index (χ1) is 17.2. The molecule has 0 aliphatic heterocycles. The number of anilines is 1. The fourth-order valence-electron chi connectivity index (χ4n) is 3.92. The van der Waals surface area contributed by atoms with Gasteiger partial charge >= 0.3 is 0 Å². The Balaban J connectivity index is 1.43. The number of nitrogens with one attached hydrogen (secondary N) is 3. The zero-order valence-electron chi connectivity index (χ0n) is 18.6. The van der Waals surface area contributed by atoms with Crippen molar-refractivity contribution in [2.75, 3.05) is 5.32 Å². The molecule has 10 heteroatoms. The highest BCUT2D eigenvalue weighted by atomic mass is 16.1. The van der Waals surface area contributed by atoms with E-state index in [0.29, 0.717) is 29.3 Å². The van der Waals surface area contributed by atoms with E-state index in [9.17, 15) is 4.79 Å². The summed E-state index contributed by atoms with van der Waals surface area (Å²) in [4.78, 5) is 37.4. The van der Waals surface area contributed by atoms with Crippen LogP contribution in [0, 0.1) is 0 Å². The maximum absolute atomic E-state index is 11.8. The first-order valence-corrected chi connectivity index (χ1v) is 11.0. The van der Waals surface area contributed by atoms with Crippen LogP contribution < -0.4 is 5.32 Å². The van der Waals surface area contributed by atoms with Gasteiger partial charge in [-0.1, -0.05) is 6.92 Å². The van der Waals surface area contributed by atoms with Gasteiger partial charge in [-0.05, 0) is 30.3 Å². The first kappa shape index (κ1) is 20.6. The summed E-state index contributed by atoms with van der Waals surface area (Å²) >= 11 is 0. The van der Waals surface area contributed by atoms with Gasteiger partial charge in [-0.15, -0.1) is 0 Å². The van der Waals surface area contributed by atoms with E-state index in [2.05, 4.69) is 40.4 Å². The summed E-state index contributed by atoms with van der Waals surface area (Å²) in [6.45, 7) is 1.80. The number of aromatic amines is 2. The number of carbonyl (C=O) groups is 1. The van der Waals surface area contributed by atoms with E-state index in [1.165, 1.54) is 0 Å². The average molecular weight is 461 g/mol. The molecule has 0 bridgehead atoms. The molecule has 0 aliphatic carbocycles. The van der Waals surface area contributed by atoms with Gasteiger partial charge in [0.2, 0.25) is 5.91 Å². The number of imidazole rings is 1. The van der Waals surface area contributed by atoms with Gasteiger partial charge in [0, 0.05) is 47.7 Å². The Labute approximate surface area is 198 Å². The van der Waals surface area contributed by atoms with E-state index in [4.69, 9.17) is 4.98 Å². The highest BCUT2D eigenvalue weighted by molar-refractivity contribution is 5.97. The average Bonchev–Trinajstić information content (AvgIpc) is 3.53. The van der Waals surface area contributed by atoms with Crippen LogP contribution in [0.3, 0.4) is 0 Å². The van der Waals surface area contributed by atoms with Crippen molar-refractivity contribution < 1.29 is 4.79 Å². The molecule has 0 aliphatic rings. The molecule has 3 N–H and O–H groups in total. The molecule has 0 saturated carbocycles. The SMILES string of the molecule is CCC(=O)Nc1cncc(-c2cc3c(-c4nc5c(-c6ccncc6)nccc5[nH]4)n[nH]c3cn2)c1. The Morgan fingerprint density at radius 1 is 0.914 bits per heavy atom. The van der Waals surface area contributed by atoms with Gasteiger partial charge < -0.3 is 10.3 Å². The minimum atomic E-state index is -0.0741. The number of hydrogen-bond donors (Lipinski definition) is 3. The zero-order chi connectivity index (χ0) is 23.8. The molecule has 1 amide bonds. The van der Waals surface area contributed by atoms with Gasteiger partial charge in [0.05, 0.1) is 40.5 Å². The Hall–Kier alpha value is -4.99. The lowest BCUT2D eigenvalue weighted by molar-refractivity contribution is -0.115. The Bertz CT molecular complexity index is 1690. The molecule has 0 aromatic carbocycles. The topological polar surface area (TPSA) is 138 Å². The molecule has 0 spiro atoms. The summed E-state index contributed by atoms with van der Waals surface area (Å²) in [5.41, 5.74) is 6.87. The summed E-state index contributed by atoms with van der Waals surface area (Å²) in [7, 11) is 0. The molecule has 6 aromatic rings. The van der Waals surface area contributed by atoms with Crippen molar-refractivity contribution in [1.29, 1.82) is 0 Å². The molecular formula is C25H19N9O. The minimum Gasteiger partial charge on any atom is -0.336 e. The van der Waals surface area contributed by atoms with Crippen molar-refractivity contribution in [3.8, 4) is 34.0 Å². The van der Waals surface area contributed by atoms with E-state index in [0.717, 1.165) is 38.8 Å². The quantitative estimate of drug-likeness (QED) is 0.346. The second-order valence-corrected chi connectivity index (χ2v) is 7.93. The van der Waals surface area contributed by atoms with E-state index >= 15 is 0 Å². The maximum atomic E-state index is 11.8. The third-order valence-electron chi connectivity index (χ3n) is 5.67. The van der Waals surface area contributed by atoms with Gasteiger partial charge in [0.1, 0.15) is 11.2 Å². The van der Waals surface area contributed by atoms with Crippen molar-refractivity contribution in [3.05, 3.63) is 67.5 Å². The van der Waals surface area contributed by atoms with Crippen LogP contribution >= 0.6 is 0 Å². The van der Waals surface area contributed by atoms with Crippen LogP contribution in [0.15, 0.2) is 67.5 Å². The van der Waals surface area contributed by atoms with Crippen molar-refractivity contribution in [2.45, 2.75) is 13.3 Å². The third kappa shape index (κ3) is 3.76. The molecule has 0 atom stereocenters. The molecule has 0 saturated heterocycles. The number of amides is 1. The van der Waals surface area contributed by atoms with Crippen LogP contribution in [0.2, 0.25) is 0 Å². The third-order valence-corrected chi connectivity index (χ3v) is 5.67. The molecule has 6 rings (SSSR count). The van der Waals surface area contributed by atoms with Crippen molar-refractivity contribution in [2.24, 2.45) is 0 Å². The summed E-state index contributed by atoms with van der Waals surface area (Å²) in [5, 5.41) is 11.2. The standard InChI is InChI=1S/C25H19N9O/c1-2-21(35)30-16-9-15(11-27-12-16)19-10-17-20(13-29-19)33-34-23(17)25-31-18-5-8-28-22(24(18)32-25)14-3-6-26-7-4-14/h3-13H,2H2,1H3,(H,30,35)(H,31,32)(H,33,34). The number of pyridine rings is 4. The highest BCUT2D eigenvalue weighted by Gasteiger charge is 2.17. The summed E-state index contributed by atoms with van der Waals surface area (Å²) in [5.74, 6) is 0.545. The highest BCUT2D eigenvalue weighted by Crippen LogP contribution is 2.31. The van der Waals surface area contributed by atoms with Crippen LogP contribution in [0.25, 0.3) is 56.0 Å². The van der Waals surface area contributed by atoms with Crippen LogP contribution in [0.1, 0.15) is 13.3 Å². The predicted molar refractivity (Wildman–Crippen MR) is 132 cm³/mol. The van der Waals surface area contributed by atoms with Crippen molar-refractivity contribution in [3.63, 3.8) is 0 Å². The number of carbonyl (C=O) groups excluding carboxylic acids is 1. The molecule has 0 fully saturated rings. The van der Waals surface area contributed by atoms with Crippen LogP contribution in [0.4, 0.5) is 5.69 Å². The van der Waals surface area contributed by atoms with E-state index in [-0.39, 0.29) is 5.91 Å². The normalized spacial score (nSPS) is 11.2. The Kier molecular flexibility index (Phi) is 4.95. The second-order valence-electron chi connectivity index (χ2n) is 7.93. The van der Waals surface area contributed by atoms with E-state index < -0.39 is 0 Å². The first-order valence-electron chi connectivity index (χ1n) is 11.0. The number of hydrogen-bond acceptors (Lipinski definition) is 7. The molecule has 35 heavy (non-hydrogen) atoms. The predicted octanol–water partition coefficient (Wildman–Crippen LogP) is 4.37. The lowest BCUT2D eigenvalue weighted by Crippen LogP contribution is -2.09. The zero-order valence-corrected chi connectivity index (χ0v) is 18.6. The molecule has 10 nitrogen and oxygen atoms in total. The number of nitrogens with zero attached hydrogens (tertiary/aromatic N) is 6. The van der Waals surface area contributed by atoms with Crippen molar-refractivity contribution in [1.82, 2.24) is 40.1 Å². The fraction of sp³-hybridized carbons (Fsp3) is 0.0800. The minimum absolute atomic E-state index is 0.0741. The van der Waals surface area contributed by atoms with Gasteiger partial charge in [-0.25, -0.2) is 4.98 Å². The van der Waals surface area contributed by atoms with Crippen LogP contribution in [0.5, 0.6) is 0 Å². The van der Waals surface area contributed by atoms with Gasteiger partial charge in [0.25, 0.3) is 0 Å². The Morgan fingerprint density at radius 3 is 2.66 bits per heavy atom. The van der Waals surface area contributed by atoms with Crippen molar-refractivity contribution >= 4 is 33.5 Å². The lowest BCUT2D eigenvalue weighted by Gasteiger charge is -2.06. The second kappa shape index (κ2) is 8.41. The number of aromatic nitrogens is 8. The molecule has 6 aromatic heterocycles. The number of H-pyrrole nitrogens is 2. The molecule has 0 radical (unpaired) electrons. The van der Waals surface area contributed by atoms with E-state index in [1.807, 2.05) is 30.3 Å². The summed E-state index contributed by atoms with van der Waals surface area (Å²) in [6, 6.07) is 9.49. The van der Waals surface area contributed by atoms with E-state index in [1.54, 1.807) is 44.1 Å². The summed E-state index contributed by atoms with van der Waals surface area (Å²) in [6.07, 6.45) is 10.7. The number of rotatable bonds is 5. The molecule has 0 unspecified atom stereocenters. The largest absolute Gasteiger partial charge is 0.336 e. The molecule has 6 heterocycles. The Morgan fingerprint density at radius 2 is 1.80 bits per heavy atom. The molecular weight excluding hydrogens is 442 g/mol. The maximum Gasteiger partial charge on any atom is 0.224 e. The fourth-order valence-corrected chi connectivity index (χ4v) is 3.92. The number of fused-ring (bicyclic) bond motifs is 2. The van der Waals surface area contributed by atoms with Crippen LogP contribution in [-0.2, 0) is 4.79 Å². The van der Waals surface area contributed by atoms with Gasteiger partial charge in [-0.3, -0.25) is 29.8 Å². The monoisotopic (exact) mass is 461 g/mol. The smallest absolute Gasteiger partial charge is 0.224 e. The molecule has 170 valence electrons. The van der Waals surface area contributed by atoms with Gasteiger partial charge in [-0.2, -0.15) is 5.10 Å². The lowest BCUT2D eigenvalue weighted by atomic mass is 10.1. The van der Waals surface area contributed by atoms with Gasteiger partial charge in [0.15, 0.2) is 5.82 Å².